The van der Waals surface area contributed by atoms with E-state index in [9.17, 15) is 0 Å². The van der Waals surface area contributed by atoms with Crippen molar-refractivity contribution in [3.8, 4) is 0 Å². The summed E-state index contributed by atoms with van der Waals surface area (Å²) in [6, 6.07) is 9.55. The molecule has 3 aromatic heterocycles. The van der Waals surface area contributed by atoms with E-state index in [2.05, 4.69) is 36.6 Å². The van der Waals surface area contributed by atoms with E-state index in [1.54, 1.807) is 12.3 Å². The van der Waals surface area contributed by atoms with Gasteiger partial charge in [-0.15, -0.1) is 12.4 Å². The van der Waals surface area contributed by atoms with Crippen molar-refractivity contribution < 1.29 is 0 Å². The zero-order valence-corrected chi connectivity index (χ0v) is 16.7. The monoisotopic (exact) mass is 424 g/mol. The van der Waals surface area contributed by atoms with Crippen LogP contribution in [0.5, 0.6) is 0 Å². The molecule has 27 heavy (non-hydrogen) atoms. The first kappa shape index (κ1) is 19.8. The lowest BCUT2D eigenvalue weighted by molar-refractivity contribution is 0.655. The maximum absolute atomic E-state index is 6.22. The summed E-state index contributed by atoms with van der Waals surface area (Å²) in [5.74, 6) is 0.751. The normalized spacial score (nSPS) is 11.0. The summed E-state index contributed by atoms with van der Waals surface area (Å²) < 4.78 is 0. The first-order valence-electron chi connectivity index (χ1n) is 8.41. The fourth-order valence-electron chi connectivity index (χ4n) is 2.89. The van der Waals surface area contributed by atoms with Gasteiger partial charge >= 0.3 is 0 Å². The van der Waals surface area contributed by atoms with Gasteiger partial charge in [-0.3, -0.25) is 0 Å². The molecule has 9 heteroatoms. The van der Waals surface area contributed by atoms with Crippen LogP contribution >= 0.6 is 35.6 Å². The van der Waals surface area contributed by atoms with Gasteiger partial charge in [-0.1, -0.05) is 23.2 Å². The van der Waals surface area contributed by atoms with Crippen molar-refractivity contribution in [2.45, 2.75) is 13.0 Å². The minimum Gasteiger partial charge on any atom is -0.357 e. The molecule has 0 radical (unpaired) electrons. The lowest BCUT2D eigenvalue weighted by Crippen LogP contribution is -2.18. The Morgan fingerprint density at radius 1 is 1.04 bits per heavy atom. The maximum Gasteiger partial charge on any atom is 0.202 e. The van der Waals surface area contributed by atoms with Gasteiger partial charge in [0.2, 0.25) is 5.95 Å². The number of H-pyrrole nitrogens is 2. The summed E-state index contributed by atoms with van der Waals surface area (Å²) >= 11 is 12.3. The molecule has 4 aromatic rings. The molecule has 0 bridgehead atoms. The Hall–Kier alpha value is -1.99. The van der Waals surface area contributed by atoms with E-state index in [1.807, 2.05) is 18.2 Å². The van der Waals surface area contributed by atoms with Crippen molar-refractivity contribution in [1.29, 1.82) is 0 Å². The number of aromatic amines is 2. The van der Waals surface area contributed by atoms with E-state index in [-0.39, 0.29) is 12.4 Å². The highest BCUT2D eigenvalue weighted by atomic mass is 35.5. The molecule has 0 aliphatic heterocycles. The third-order valence-electron chi connectivity index (χ3n) is 4.10. The first-order valence-corrected chi connectivity index (χ1v) is 9.16. The smallest absolute Gasteiger partial charge is 0.202 e. The van der Waals surface area contributed by atoms with Crippen LogP contribution in [0.3, 0.4) is 0 Å². The van der Waals surface area contributed by atoms with Crippen molar-refractivity contribution in [2.24, 2.45) is 0 Å². The second kappa shape index (κ2) is 8.80. The number of rotatable bonds is 7. The van der Waals surface area contributed by atoms with E-state index in [4.69, 9.17) is 23.2 Å². The minimum atomic E-state index is 0. The predicted octanol–water partition coefficient (Wildman–Crippen LogP) is 4.76. The molecule has 0 spiro atoms. The highest BCUT2D eigenvalue weighted by Crippen LogP contribution is 2.28. The number of nitrogens with zero attached hydrogens (tertiary/aromatic N) is 2. The predicted molar refractivity (Wildman–Crippen MR) is 114 cm³/mol. The summed E-state index contributed by atoms with van der Waals surface area (Å²) in [6.45, 7) is 2.45. The quantitative estimate of drug-likeness (QED) is 0.322. The largest absolute Gasteiger partial charge is 0.357 e. The Morgan fingerprint density at radius 3 is 2.78 bits per heavy atom. The molecule has 0 aliphatic carbocycles. The number of imidazole rings is 1. The Bertz CT molecular complexity index is 1010. The molecule has 3 heterocycles. The Morgan fingerprint density at radius 2 is 1.93 bits per heavy atom. The number of nitrogens with one attached hydrogen (secondary N) is 4. The van der Waals surface area contributed by atoms with Crippen LogP contribution in [0.1, 0.15) is 12.1 Å². The van der Waals surface area contributed by atoms with Crippen LogP contribution in [0, 0.1) is 0 Å². The Balaban J connectivity index is 0.00000210. The number of pyridine rings is 1. The zero-order chi connectivity index (χ0) is 17.9. The van der Waals surface area contributed by atoms with E-state index in [1.165, 1.54) is 0 Å². The van der Waals surface area contributed by atoms with Gasteiger partial charge in [0.25, 0.3) is 0 Å². The van der Waals surface area contributed by atoms with Crippen molar-refractivity contribution in [3.63, 3.8) is 0 Å². The van der Waals surface area contributed by atoms with Gasteiger partial charge in [0, 0.05) is 40.9 Å². The molecule has 0 saturated carbocycles. The van der Waals surface area contributed by atoms with E-state index in [0.717, 1.165) is 59.8 Å². The molecule has 142 valence electrons. The van der Waals surface area contributed by atoms with Crippen LogP contribution in [0.4, 0.5) is 5.95 Å². The number of hydrogen-bond donors (Lipinski definition) is 4. The van der Waals surface area contributed by atoms with Crippen LogP contribution in [0.2, 0.25) is 10.0 Å². The third-order valence-corrected chi connectivity index (χ3v) is 4.63. The molecule has 0 atom stereocenters. The van der Waals surface area contributed by atoms with E-state index in [0.29, 0.717) is 10.0 Å². The molecule has 4 N–H and O–H groups in total. The minimum absolute atomic E-state index is 0. The molecule has 0 fully saturated rings. The number of anilines is 1. The average Bonchev–Trinajstić information content (AvgIpc) is 3.21. The van der Waals surface area contributed by atoms with Gasteiger partial charge in [-0.2, -0.15) is 4.98 Å². The number of hydrogen-bond acceptors (Lipinski definition) is 4. The lowest BCUT2D eigenvalue weighted by atomic mass is 10.2. The zero-order valence-electron chi connectivity index (χ0n) is 14.4. The van der Waals surface area contributed by atoms with Crippen molar-refractivity contribution >= 4 is 63.6 Å². The Labute approximate surface area is 172 Å². The summed E-state index contributed by atoms with van der Waals surface area (Å²) in [6.07, 6.45) is 2.71. The van der Waals surface area contributed by atoms with Crippen molar-refractivity contribution in [2.75, 3.05) is 18.4 Å². The van der Waals surface area contributed by atoms with E-state index >= 15 is 0 Å². The lowest BCUT2D eigenvalue weighted by Gasteiger charge is -2.04. The molecule has 0 aliphatic rings. The SMILES string of the molecule is Cl.Clc1cc(Cl)c2cc(CNCCCNc3nc4ncccc4[nH]3)[nH]c2c1. The third kappa shape index (κ3) is 4.65. The fourth-order valence-corrected chi connectivity index (χ4v) is 3.43. The standard InChI is InChI=1S/C18H18Cl2N6.ClH/c19-11-7-14(20)13-9-12(24-16(13)8-11)10-21-4-2-6-23-18-25-15-3-1-5-22-17(15)26-18;/h1,3,5,7-9,21,24H,2,4,6,10H2,(H2,22,23,25,26);1H. The van der Waals surface area contributed by atoms with Crippen LogP contribution in [0.15, 0.2) is 36.5 Å². The number of fused-ring (bicyclic) bond motifs is 2. The molecule has 0 unspecified atom stereocenters. The fraction of sp³-hybridized carbons (Fsp3) is 0.222. The van der Waals surface area contributed by atoms with Crippen LogP contribution < -0.4 is 10.6 Å². The van der Waals surface area contributed by atoms with Crippen LogP contribution in [-0.4, -0.2) is 33.0 Å². The molecule has 4 rings (SSSR count). The van der Waals surface area contributed by atoms with Gasteiger partial charge in [0.05, 0.1) is 10.5 Å². The second-order valence-electron chi connectivity index (χ2n) is 6.06. The average molecular weight is 426 g/mol. The van der Waals surface area contributed by atoms with E-state index < -0.39 is 0 Å². The van der Waals surface area contributed by atoms with Crippen molar-refractivity contribution in [1.82, 2.24) is 25.3 Å². The molecule has 1 aromatic carbocycles. The summed E-state index contributed by atoms with van der Waals surface area (Å²) in [5.41, 5.74) is 3.70. The van der Waals surface area contributed by atoms with Gasteiger partial charge in [-0.05, 0) is 43.3 Å². The van der Waals surface area contributed by atoms with Crippen molar-refractivity contribution in [3.05, 3.63) is 52.3 Å². The topological polar surface area (TPSA) is 81.4 Å². The van der Waals surface area contributed by atoms with Gasteiger partial charge in [0.15, 0.2) is 5.65 Å². The van der Waals surface area contributed by atoms with Crippen LogP contribution in [-0.2, 0) is 6.54 Å². The summed E-state index contributed by atoms with van der Waals surface area (Å²) in [7, 11) is 0. The van der Waals surface area contributed by atoms with Crippen LogP contribution in [0.25, 0.3) is 22.1 Å². The molecule has 0 saturated heterocycles. The number of halogens is 3. The highest BCUT2D eigenvalue weighted by molar-refractivity contribution is 6.38. The van der Waals surface area contributed by atoms with Gasteiger partial charge < -0.3 is 20.6 Å². The Kier molecular flexibility index (Phi) is 6.44. The molecular weight excluding hydrogens is 407 g/mol. The molecule has 0 amide bonds. The molecular formula is C18H19Cl3N6. The summed E-state index contributed by atoms with van der Waals surface area (Å²) in [4.78, 5) is 15.1. The molecule has 6 nitrogen and oxygen atoms in total. The maximum atomic E-state index is 6.22. The van der Waals surface area contributed by atoms with Gasteiger partial charge in [0.1, 0.15) is 0 Å². The number of benzene rings is 1. The second-order valence-corrected chi connectivity index (χ2v) is 6.90. The van der Waals surface area contributed by atoms with Gasteiger partial charge in [-0.25, -0.2) is 4.98 Å². The summed E-state index contributed by atoms with van der Waals surface area (Å²) in [5, 5.41) is 9.00. The first-order chi connectivity index (χ1) is 12.7. The highest BCUT2D eigenvalue weighted by Gasteiger charge is 2.06. The number of aromatic nitrogens is 4.